The van der Waals surface area contributed by atoms with E-state index in [9.17, 15) is 22.4 Å². The van der Waals surface area contributed by atoms with Crippen LogP contribution in [0.25, 0.3) is 0 Å². The van der Waals surface area contributed by atoms with Crippen molar-refractivity contribution >= 4 is 21.7 Å². The molecule has 0 aliphatic heterocycles. The van der Waals surface area contributed by atoms with E-state index >= 15 is 0 Å². The van der Waals surface area contributed by atoms with Gasteiger partial charge in [-0.05, 0) is 48.7 Å². The van der Waals surface area contributed by atoms with Crippen molar-refractivity contribution in [2.24, 2.45) is 0 Å². The van der Waals surface area contributed by atoms with Crippen molar-refractivity contribution in [1.82, 2.24) is 10.0 Å². The van der Waals surface area contributed by atoms with Gasteiger partial charge in [0.15, 0.2) is 11.5 Å². The molecular weight excluding hydrogens is 447 g/mol. The molecule has 0 atom stereocenters. The molecule has 7 nitrogen and oxygen atoms in total. The van der Waals surface area contributed by atoms with E-state index in [1.807, 2.05) is 0 Å². The maximum Gasteiger partial charge on any atom is 0.287 e. The summed E-state index contributed by atoms with van der Waals surface area (Å²) in [5, 5.41) is 2.72. The Morgan fingerprint density at radius 3 is 2.52 bits per heavy atom. The Hall–Kier alpha value is -3.30. The first-order valence-corrected chi connectivity index (χ1v) is 12.0. The van der Waals surface area contributed by atoms with Crippen LogP contribution in [0.1, 0.15) is 56.2 Å². The number of carbonyl (C=O) groups is 2. The maximum atomic E-state index is 13.3. The van der Waals surface area contributed by atoms with Crippen molar-refractivity contribution in [1.29, 1.82) is 0 Å². The first-order valence-electron chi connectivity index (χ1n) is 10.5. The molecule has 2 aromatic carbocycles. The summed E-state index contributed by atoms with van der Waals surface area (Å²) in [4.78, 5) is 24.8. The van der Waals surface area contributed by atoms with Gasteiger partial charge in [-0.1, -0.05) is 24.3 Å². The van der Waals surface area contributed by atoms with Crippen LogP contribution in [-0.2, 0) is 29.5 Å². The monoisotopic (exact) mass is 470 g/mol. The quantitative estimate of drug-likeness (QED) is 0.548. The van der Waals surface area contributed by atoms with Crippen molar-refractivity contribution in [2.75, 3.05) is 0 Å². The Balaban J connectivity index is 1.43. The molecule has 33 heavy (non-hydrogen) atoms. The second-order valence-corrected chi connectivity index (χ2v) is 9.68. The number of ketones is 1. The minimum Gasteiger partial charge on any atom is -0.455 e. The summed E-state index contributed by atoms with van der Waals surface area (Å²) in [7, 11) is -3.84. The number of amides is 1. The number of hydrogen-bond acceptors (Lipinski definition) is 5. The molecule has 3 aromatic rings. The standard InChI is InChI=1S/C24H23FN2O5S/c1-15-22-20(28)9-4-10-21(22)32-23(15)24(29)26-13-17-6-3-8-19(12-17)33(30,31)27-14-16-5-2-7-18(25)11-16/h2-3,5-8,11-12,27H,4,9-10,13-14H2,1H3,(H,26,29). The highest BCUT2D eigenvalue weighted by Gasteiger charge is 2.28. The Labute approximate surface area is 191 Å². The summed E-state index contributed by atoms with van der Waals surface area (Å²) in [6.45, 7) is 1.71. The average Bonchev–Trinajstić information content (AvgIpc) is 3.14. The zero-order chi connectivity index (χ0) is 23.6. The molecule has 0 spiro atoms. The number of sulfonamides is 1. The molecule has 1 aromatic heterocycles. The average molecular weight is 471 g/mol. The van der Waals surface area contributed by atoms with Crippen LogP contribution in [0.15, 0.2) is 57.8 Å². The van der Waals surface area contributed by atoms with Crippen LogP contribution in [0.3, 0.4) is 0 Å². The third-order valence-corrected chi connectivity index (χ3v) is 6.93. The third-order valence-electron chi connectivity index (χ3n) is 5.53. The number of halogens is 1. The lowest BCUT2D eigenvalue weighted by Crippen LogP contribution is -2.25. The van der Waals surface area contributed by atoms with E-state index in [0.29, 0.717) is 47.3 Å². The van der Waals surface area contributed by atoms with Crippen molar-refractivity contribution in [3.63, 3.8) is 0 Å². The molecule has 1 heterocycles. The van der Waals surface area contributed by atoms with Crippen LogP contribution >= 0.6 is 0 Å². The van der Waals surface area contributed by atoms with Crippen LogP contribution in [0.4, 0.5) is 4.39 Å². The van der Waals surface area contributed by atoms with Crippen LogP contribution in [-0.4, -0.2) is 20.1 Å². The number of aryl methyl sites for hydroxylation is 1. The van der Waals surface area contributed by atoms with Gasteiger partial charge in [0.05, 0.1) is 10.5 Å². The molecule has 0 bridgehead atoms. The fraction of sp³-hybridized carbons (Fsp3) is 0.250. The van der Waals surface area contributed by atoms with E-state index in [4.69, 9.17) is 4.42 Å². The van der Waals surface area contributed by atoms with Crippen molar-refractivity contribution < 1.29 is 26.8 Å². The van der Waals surface area contributed by atoms with E-state index in [0.717, 1.165) is 0 Å². The van der Waals surface area contributed by atoms with Gasteiger partial charge >= 0.3 is 0 Å². The first-order chi connectivity index (χ1) is 15.7. The van der Waals surface area contributed by atoms with E-state index in [-0.39, 0.29) is 29.5 Å². The Morgan fingerprint density at radius 1 is 1.06 bits per heavy atom. The van der Waals surface area contributed by atoms with E-state index in [1.54, 1.807) is 25.1 Å². The highest BCUT2D eigenvalue weighted by Crippen LogP contribution is 2.29. The lowest BCUT2D eigenvalue weighted by molar-refractivity contribution is 0.0917. The smallest absolute Gasteiger partial charge is 0.287 e. The normalized spacial score (nSPS) is 13.6. The summed E-state index contributed by atoms with van der Waals surface area (Å²) in [5.74, 6) is -0.268. The summed E-state index contributed by atoms with van der Waals surface area (Å²) in [6.07, 6.45) is 1.77. The third kappa shape index (κ3) is 5.04. The lowest BCUT2D eigenvalue weighted by Gasteiger charge is -2.09. The molecule has 1 aliphatic rings. The van der Waals surface area contributed by atoms with Gasteiger partial charge in [0.2, 0.25) is 10.0 Å². The molecule has 1 aliphatic carbocycles. The number of fused-ring (bicyclic) bond motifs is 1. The zero-order valence-electron chi connectivity index (χ0n) is 18.0. The predicted molar refractivity (Wildman–Crippen MR) is 119 cm³/mol. The molecule has 172 valence electrons. The fourth-order valence-corrected chi connectivity index (χ4v) is 4.95. The number of furan rings is 1. The van der Waals surface area contributed by atoms with E-state index in [2.05, 4.69) is 10.0 Å². The van der Waals surface area contributed by atoms with Gasteiger partial charge in [-0.15, -0.1) is 0 Å². The summed E-state index contributed by atoms with van der Waals surface area (Å²) in [6, 6.07) is 11.8. The van der Waals surface area contributed by atoms with Gasteiger partial charge in [0.25, 0.3) is 5.91 Å². The van der Waals surface area contributed by atoms with Crippen LogP contribution in [0.5, 0.6) is 0 Å². The molecular formula is C24H23FN2O5S. The van der Waals surface area contributed by atoms with Gasteiger partial charge in [-0.2, -0.15) is 0 Å². The van der Waals surface area contributed by atoms with Crippen LogP contribution in [0.2, 0.25) is 0 Å². The largest absolute Gasteiger partial charge is 0.455 e. The molecule has 0 radical (unpaired) electrons. The highest BCUT2D eigenvalue weighted by molar-refractivity contribution is 7.89. The molecule has 9 heteroatoms. The fourth-order valence-electron chi connectivity index (χ4n) is 3.86. The summed E-state index contributed by atoms with van der Waals surface area (Å²) >= 11 is 0. The van der Waals surface area contributed by atoms with Gasteiger partial charge in [-0.25, -0.2) is 17.5 Å². The second kappa shape index (κ2) is 9.29. The molecule has 2 N–H and O–H groups in total. The number of nitrogens with one attached hydrogen (secondary N) is 2. The molecule has 0 saturated heterocycles. The van der Waals surface area contributed by atoms with Crippen molar-refractivity contribution in [2.45, 2.75) is 44.2 Å². The zero-order valence-corrected chi connectivity index (χ0v) is 18.8. The Kier molecular flexibility index (Phi) is 6.44. The topological polar surface area (TPSA) is 105 Å². The second-order valence-electron chi connectivity index (χ2n) is 7.92. The van der Waals surface area contributed by atoms with E-state index < -0.39 is 21.7 Å². The lowest BCUT2D eigenvalue weighted by atomic mass is 9.94. The van der Waals surface area contributed by atoms with Crippen LogP contribution < -0.4 is 10.0 Å². The molecule has 4 rings (SSSR count). The van der Waals surface area contributed by atoms with Gasteiger partial charge in [0.1, 0.15) is 11.6 Å². The SMILES string of the molecule is Cc1c(C(=O)NCc2cccc(S(=O)(=O)NCc3cccc(F)c3)c2)oc2c1C(=O)CCC2. The number of benzene rings is 2. The predicted octanol–water partition coefficient (Wildman–Crippen LogP) is 3.65. The number of carbonyl (C=O) groups excluding carboxylic acids is 2. The summed E-state index contributed by atoms with van der Waals surface area (Å²) in [5.41, 5.74) is 2.10. The first kappa shape index (κ1) is 22.9. The van der Waals surface area contributed by atoms with E-state index in [1.165, 1.54) is 30.3 Å². The molecule has 1 amide bonds. The number of Topliss-reactive ketones (excluding diaryl/α,β-unsaturated/α-hetero) is 1. The molecule has 0 fully saturated rings. The number of rotatable bonds is 7. The molecule has 0 unspecified atom stereocenters. The van der Waals surface area contributed by atoms with Crippen molar-refractivity contribution in [3.8, 4) is 0 Å². The minimum absolute atomic E-state index is 0.0137. The Morgan fingerprint density at radius 2 is 1.79 bits per heavy atom. The summed E-state index contributed by atoms with van der Waals surface area (Å²) < 4.78 is 46.7. The van der Waals surface area contributed by atoms with Crippen molar-refractivity contribution in [3.05, 3.63) is 88.1 Å². The Bertz CT molecular complexity index is 1330. The highest BCUT2D eigenvalue weighted by atomic mass is 32.2. The minimum atomic E-state index is -3.84. The maximum absolute atomic E-state index is 13.3. The van der Waals surface area contributed by atoms with Gasteiger partial charge in [0, 0.05) is 31.5 Å². The molecule has 0 saturated carbocycles. The number of hydrogen-bond donors (Lipinski definition) is 2. The van der Waals surface area contributed by atoms with Crippen LogP contribution in [0, 0.1) is 12.7 Å². The van der Waals surface area contributed by atoms with Gasteiger partial charge in [-0.3, -0.25) is 9.59 Å². The van der Waals surface area contributed by atoms with Gasteiger partial charge < -0.3 is 9.73 Å².